The summed E-state index contributed by atoms with van der Waals surface area (Å²) in [5.41, 5.74) is 0.507. The Labute approximate surface area is 154 Å². The molecule has 0 saturated heterocycles. The molecular weight excluding hydrogens is 339 g/mol. The van der Waals surface area contributed by atoms with Crippen LogP contribution in [0.3, 0.4) is 0 Å². The minimum atomic E-state index is -1.26. The molecule has 5 nitrogen and oxygen atoms in total. The molecule has 0 spiro atoms. The molecule has 0 bridgehead atoms. The van der Waals surface area contributed by atoms with Gasteiger partial charge in [-0.2, -0.15) is 0 Å². The number of aliphatic hydroxyl groups excluding tert-OH is 2. The lowest BCUT2D eigenvalue weighted by atomic mass is 9.84. The Balaban J connectivity index is 1.94. The Morgan fingerprint density at radius 1 is 1.38 bits per heavy atom. The van der Waals surface area contributed by atoms with E-state index in [4.69, 9.17) is 9.84 Å². The maximum atomic E-state index is 14.6. The van der Waals surface area contributed by atoms with E-state index in [0.29, 0.717) is 18.4 Å². The van der Waals surface area contributed by atoms with Crippen LogP contribution >= 0.6 is 0 Å². The standard InChI is InChI=1S/C20H31FO5/c1-2-3-4-6-13(22)9-10-14-17(23)11-18-20(14)15(12-26-18)16(21)7-5-8-19(24)25/h9-10,12-14,16-18,20,22-23H,2-8,11H2,1H3,(H,24,25). The fourth-order valence-electron chi connectivity index (χ4n) is 3.94. The molecule has 0 aromatic rings. The summed E-state index contributed by atoms with van der Waals surface area (Å²) in [6.07, 6.45) is 6.85. The van der Waals surface area contributed by atoms with Crippen molar-refractivity contribution in [1.29, 1.82) is 0 Å². The molecule has 1 aliphatic carbocycles. The molecule has 0 radical (unpaired) electrons. The summed E-state index contributed by atoms with van der Waals surface area (Å²) in [4.78, 5) is 10.6. The lowest BCUT2D eigenvalue weighted by Crippen LogP contribution is -2.24. The molecule has 1 fully saturated rings. The third-order valence-electron chi connectivity index (χ3n) is 5.37. The van der Waals surface area contributed by atoms with Gasteiger partial charge in [0.25, 0.3) is 0 Å². The molecule has 3 N–H and O–H groups in total. The van der Waals surface area contributed by atoms with Gasteiger partial charge in [0.05, 0.1) is 18.5 Å². The third-order valence-corrected chi connectivity index (χ3v) is 5.37. The smallest absolute Gasteiger partial charge is 0.303 e. The van der Waals surface area contributed by atoms with Crippen LogP contribution in [-0.2, 0) is 9.53 Å². The number of rotatable bonds is 11. The number of carboxylic acids is 1. The predicted molar refractivity (Wildman–Crippen MR) is 96.2 cm³/mol. The number of carboxylic acid groups (broad SMARTS) is 1. The molecule has 0 aromatic heterocycles. The van der Waals surface area contributed by atoms with Crippen molar-refractivity contribution >= 4 is 5.97 Å². The molecule has 6 heteroatoms. The predicted octanol–water partition coefficient (Wildman–Crippen LogP) is 3.36. The van der Waals surface area contributed by atoms with Crippen molar-refractivity contribution in [2.24, 2.45) is 11.8 Å². The molecule has 2 rings (SSSR count). The lowest BCUT2D eigenvalue weighted by Gasteiger charge is -2.22. The highest BCUT2D eigenvalue weighted by Gasteiger charge is 2.48. The van der Waals surface area contributed by atoms with Gasteiger partial charge < -0.3 is 20.1 Å². The maximum absolute atomic E-state index is 14.6. The normalized spacial score (nSPS) is 30.1. The van der Waals surface area contributed by atoms with Crippen LogP contribution in [-0.4, -0.2) is 45.8 Å². The van der Waals surface area contributed by atoms with E-state index in [1.807, 2.05) is 0 Å². The van der Waals surface area contributed by atoms with Gasteiger partial charge in [-0.3, -0.25) is 4.79 Å². The highest BCUT2D eigenvalue weighted by atomic mass is 19.1. The van der Waals surface area contributed by atoms with E-state index in [1.165, 1.54) is 6.26 Å². The molecule has 148 valence electrons. The Morgan fingerprint density at radius 3 is 2.85 bits per heavy atom. The molecular formula is C20H31FO5. The number of aliphatic hydroxyl groups is 2. The first kappa shape index (κ1) is 20.9. The number of aliphatic carboxylic acids is 1. The number of alkyl halides is 1. The van der Waals surface area contributed by atoms with Crippen LogP contribution in [0.4, 0.5) is 4.39 Å². The van der Waals surface area contributed by atoms with Gasteiger partial charge >= 0.3 is 5.97 Å². The van der Waals surface area contributed by atoms with Crippen molar-refractivity contribution in [2.75, 3.05) is 0 Å². The first-order valence-electron chi connectivity index (χ1n) is 9.69. The monoisotopic (exact) mass is 370 g/mol. The number of unbranched alkanes of at least 4 members (excludes halogenated alkanes) is 2. The topological polar surface area (TPSA) is 87.0 Å². The summed E-state index contributed by atoms with van der Waals surface area (Å²) in [6.45, 7) is 2.11. The van der Waals surface area contributed by atoms with Gasteiger partial charge in [0.2, 0.25) is 0 Å². The fraction of sp³-hybridized carbons (Fsp3) is 0.750. The zero-order valence-corrected chi connectivity index (χ0v) is 15.4. The number of halogens is 1. The van der Waals surface area contributed by atoms with Crippen molar-refractivity contribution in [3.8, 4) is 0 Å². The molecule has 26 heavy (non-hydrogen) atoms. The van der Waals surface area contributed by atoms with Crippen LogP contribution in [0, 0.1) is 11.8 Å². The minimum absolute atomic E-state index is 0.0570. The van der Waals surface area contributed by atoms with Gasteiger partial charge in [-0.1, -0.05) is 38.3 Å². The summed E-state index contributed by atoms with van der Waals surface area (Å²) in [5.74, 6) is -1.46. The Morgan fingerprint density at radius 2 is 2.15 bits per heavy atom. The van der Waals surface area contributed by atoms with E-state index in [-0.39, 0.29) is 37.2 Å². The van der Waals surface area contributed by atoms with Crippen LogP contribution in [0.5, 0.6) is 0 Å². The average Bonchev–Trinajstić information content (AvgIpc) is 3.11. The number of hydrogen-bond acceptors (Lipinski definition) is 4. The van der Waals surface area contributed by atoms with E-state index in [1.54, 1.807) is 12.2 Å². The van der Waals surface area contributed by atoms with Crippen molar-refractivity contribution in [2.45, 2.75) is 82.8 Å². The molecule has 1 heterocycles. The first-order valence-corrected chi connectivity index (χ1v) is 9.69. The SMILES string of the molecule is CCCCCC(O)C=CC1C(O)CC2OC=C(C(F)CCCC(=O)O)C21. The third kappa shape index (κ3) is 5.55. The summed E-state index contributed by atoms with van der Waals surface area (Å²) in [7, 11) is 0. The summed E-state index contributed by atoms with van der Waals surface area (Å²) < 4.78 is 20.2. The van der Waals surface area contributed by atoms with E-state index in [0.717, 1.165) is 19.3 Å². The number of hydrogen-bond donors (Lipinski definition) is 3. The number of carbonyl (C=O) groups is 1. The second kappa shape index (κ2) is 10.1. The summed E-state index contributed by atoms with van der Waals surface area (Å²) in [5, 5.41) is 29.1. The van der Waals surface area contributed by atoms with Crippen LogP contribution in [0.2, 0.25) is 0 Å². The molecule has 1 aliphatic heterocycles. The largest absolute Gasteiger partial charge is 0.497 e. The first-order chi connectivity index (χ1) is 12.4. The van der Waals surface area contributed by atoms with Gasteiger partial charge in [0, 0.05) is 30.3 Å². The van der Waals surface area contributed by atoms with E-state index in [2.05, 4.69) is 6.92 Å². The summed E-state index contributed by atoms with van der Waals surface area (Å²) >= 11 is 0. The van der Waals surface area contributed by atoms with Crippen LogP contribution in [0.15, 0.2) is 24.0 Å². The van der Waals surface area contributed by atoms with Crippen LogP contribution in [0.1, 0.15) is 58.3 Å². The Hall–Kier alpha value is -1.40. The van der Waals surface area contributed by atoms with Crippen molar-refractivity contribution < 1.29 is 29.2 Å². The molecule has 0 amide bonds. The quantitative estimate of drug-likeness (QED) is 0.383. The van der Waals surface area contributed by atoms with Crippen molar-refractivity contribution in [1.82, 2.24) is 0 Å². The van der Waals surface area contributed by atoms with Crippen LogP contribution < -0.4 is 0 Å². The van der Waals surface area contributed by atoms with E-state index >= 15 is 0 Å². The number of ether oxygens (including phenoxy) is 1. The lowest BCUT2D eigenvalue weighted by molar-refractivity contribution is -0.137. The molecule has 6 unspecified atom stereocenters. The second-order valence-electron chi connectivity index (χ2n) is 7.40. The van der Waals surface area contributed by atoms with Crippen molar-refractivity contribution in [3.05, 3.63) is 24.0 Å². The van der Waals surface area contributed by atoms with E-state index in [9.17, 15) is 19.4 Å². The fourth-order valence-corrected chi connectivity index (χ4v) is 3.94. The molecule has 0 aromatic carbocycles. The summed E-state index contributed by atoms with van der Waals surface area (Å²) in [6, 6.07) is 0. The van der Waals surface area contributed by atoms with Crippen molar-refractivity contribution in [3.63, 3.8) is 0 Å². The average molecular weight is 370 g/mol. The Kier molecular flexibility index (Phi) is 8.10. The highest BCUT2D eigenvalue weighted by Crippen LogP contribution is 2.46. The maximum Gasteiger partial charge on any atom is 0.303 e. The minimum Gasteiger partial charge on any atom is -0.497 e. The second-order valence-corrected chi connectivity index (χ2v) is 7.40. The number of fused-ring (bicyclic) bond motifs is 1. The van der Waals surface area contributed by atoms with Crippen LogP contribution in [0.25, 0.3) is 0 Å². The Bertz CT molecular complexity index is 518. The molecule has 2 aliphatic rings. The molecule has 6 atom stereocenters. The van der Waals surface area contributed by atoms with Gasteiger partial charge in [-0.25, -0.2) is 4.39 Å². The van der Waals surface area contributed by atoms with Gasteiger partial charge in [-0.15, -0.1) is 0 Å². The molecule has 1 saturated carbocycles. The van der Waals surface area contributed by atoms with E-state index < -0.39 is 24.3 Å². The zero-order chi connectivity index (χ0) is 19.1. The highest BCUT2D eigenvalue weighted by molar-refractivity contribution is 5.66. The van der Waals surface area contributed by atoms with Gasteiger partial charge in [0.15, 0.2) is 0 Å². The zero-order valence-electron chi connectivity index (χ0n) is 15.4. The van der Waals surface area contributed by atoms with Gasteiger partial charge in [0.1, 0.15) is 12.3 Å². The van der Waals surface area contributed by atoms with Gasteiger partial charge in [-0.05, 0) is 19.3 Å².